The summed E-state index contributed by atoms with van der Waals surface area (Å²) in [5.74, 6) is 1.36. The highest BCUT2D eigenvalue weighted by atomic mass is 32.2. The lowest BCUT2D eigenvalue weighted by molar-refractivity contribution is 0.591. The quantitative estimate of drug-likeness (QED) is 0.390. The predicted octanol–water partition coefficient (Wildman–Crippen LogP) is 3.02. The average Bonchev–Trinajstić information content (AvgIpc) is 3.16. The van der Waals surface area contributed by atoms with Crippen LogP contribution < -0.4 is 10.6 Å². The highest BCUT2D eigenvalue weighted by molar-refractivity contribution is 7.90. The van der Waals surface area contributed by atoms with E-state index < -0.39 is 9.84 Å². The van der Waals surface area contributed by atoms with Gasteiger partial charge in [0.15, 0.2) is 15.8 Å². The van der Waals surface area contributed by atoms with Gasteiger partial charge in [0, 0.05) is 20.1 Å². The molecule has 7 heteroatoms. The molecule has 0 saturated heterocycles. The van der Waals surface area contributed by atoms with Crippen molar-refractivity contribution < 1.29 is 8.42 Å². The third kappa shape index (κ3) is 7.17. The molecule has 0 amide bonds. The van der Waals surface area contributed by atoms with E-state index in [0.29, 0.717) is 24.8 Å². The Morgan fingerprint density at radius 1 is 1.19 bits per heavy atom. The van der Waals surface area contributed by atoms with Gasteiger partial charge in [0.25, 0.3) is 0 Å². The molecule has 0 aliphatic rings. The third-order valence-electron chi connectivity index (χ3n) is 4.07. The largest absolute Gasteiger partial charge is 0.356 e. The molecule has 0 aliphatic carbocycles. The Kier molecular flexibility index (Phi) is 8.12. The predicted molar refractivity (Wildman–Crippen MR) is 111 cm³/mol. The summed E-state index contributed by atoms with van der Waals surface area (Å²) in [6.07, 6.45) is 0.552. The van der Waals surface area contributed by atoms with Crippen LogP contribution in [-0.4, -0.2) is 40.3 Å². The molecule has 142 valence electrons. The monoisotopic (exact) mass is 393 g/mol. The summed E-state index contributed by atoms with van der Waals surface area (Å²) in [4.78, 5) is 4.19. The van der Waals surface area contributed by atoms with E-state index >= 15 is 0 Å². The third-order valence-corrected chi connectivity index (χ3v) is 6.45. The van der Waals surface area contributed by atoms with Gasteiger partial charge in [-0.1, -0.05) is 37.3 Å². The van der Waals surface area contributed by atoms with Crippen molar-refractivity contribution >= 4 is 27.1 Å². The number of guanidine groups is 1. The van der Waals surface area contributed by atoms with Gasteiger partial charge in [0.1, 0.15) is 0 Å². The number of nitrogens with zero attached hydrogens (tertiary/aromatic N) is 1. The van der Waals surface area contributed by atoms with Gasteiger partial charge < -0.3 is 10.6 Å². The topological polar surface area (TPSA) is 70.6 Å². The van der Waals surface area contributed by atoms with E-state index in [-0.39, 0.29) is 11.5 Å². The number of aliphatic imine (C=N–C) groups is 1. The highest BCUT2D eigenvalue weighted by Gasteiger charge is 2.12. The van der Waals surface area contributed by atoms with Crippen LogP contribution in [0.25, 0.3) is 0 Å². The summed E-state index contributed by atoms with van der Waals surface area (Å²) in [6, 6.07) is 11.4. The summed E-state index contributed by atoms with van der Waals surface area (Å²) in [6.45, 7) is 3.52. The van der Waals surface area contributed by atoms with E-state index in [9.17, 15) is 8.42 Å². The summed E-state index contributed by atoms with van der Waals surface area (Å²) >= 11 is 1.70. The number of benzene rings is 1. The van der Waals surface area contributed by atoms with Crippen molar-refractivity contribution in [2.45, 2.75) is 25.0 Å². The zero-order valence-corrected chi connectivity index (χ0v) is 16.9. The number of thiophene rings is 1. The minimum atomic E-state index is -3.09. The number of hydrogen-bond donors (Lipinski definition) is 2. The normalized spacial score (nSPS) is 13.4. The molecule has 0 fully saturated rings. The Hall–Kier alpha value is -1.86. The van der Waals surface area contributed by atoms with E-state index in [1.807, 2.05) is 30.3 Å². The van der Waals surface area contributed by atoms with E-state index in [4.69, 9.17) is 0 Å². The molecule has 0 spiro atoms. The van der Waals surface area contributed by atoms with E-state index in [1.54, 1.807) is 18.4 Å². The first kappa shape index (κ1) is 20.5. The van der Waals surface area contributed by atoms with Crippen molar-refractivity contribution in [3.8, 4) is 0 Å². The number of nitrogens with one attached hydrogen (secondary N) is 2. The number of rotatable bonds is 9. The Morgan fingerprint density at radius 3 is 2.62 bits per heavy atom. The second-order valence-electron chi connectivity index (χ2n) is 6.27. The molecular formula is C19H27N3O2S2. The van der Waals surface area contributed by atoms with Crippen LogP contribution in [0.3, 0.4) is 0 Å². The Balaban J connectivity index is 1.68. The summed E-state index contributed by atoms with van der Waals surface area (Å²) in [7, 11) is -1.37. The fourth-order valence-electron chi connectivity index (χ4n) is 2.54. The molecule has 2 rings (SSSR count). The van der Waals surface area contributed by atoms with Gasteiger partial charge >= 0.3 is 0 Å². The summed E-state index contributed by atoms with van der Waals surface area (Å²) < 4.78 is 24.4. The molecular weight excluding hydrogens is 366 g/mol. The smallest absolute Gasteiger partial charge is 0.190 e. The molecule has 2 N–H and O–H groups in total. The van der Waals surface area contributed by atoms with Crippen molar-refractivity contribution in [1.29, 1.82) is 0 Å². The summed E-state index contributed by atoms with van der Waals surface area (Å²) in [5, 5.41) is 10.7. The molecule has 26 heavy (non-hydrogen) atoms. The fourth-order valence-corrected chi connectivity index (χ4v) is 4.75. The zero-order valence-electron chi connectivity index (χ0n) is 15.3. The van der Waals surface area contributed by atoms with Gasteiger partial charge in [-0.25, -0.2) is 8.42 Å². The van der Waals surface area contributed by atoms with Crippen LogP contribution in [0.4, 0.5) is 0 Å². The molecule has 0 radical (unpaired) electrons. The van der Waals surface area contributed by atoms with Crippen molar-refractivity contribution in [3.05, 3.63) is 58.3 Å². The number of hydrogen-bond acceptors (Lipinski definition) is 4. The van der Waals surface area contributed by atoms with Crippen molar-refractivity contribution in [1.82, 2.24) is 10.6 Å². The molecule has 1 unspecified atom stereocenters. The fraction of sp³-hybridized carbons (Fsp3) is 0.421. The minimum absolute atomic E-state index is 0.0962. The maximum absolute atomic E-state index is 12.2. The minimum Gasteiger partial charge on any atom is -0.356 e. The second-order valence-corrected chi connectivity index (χ2v) is 9.23. The molecule has 5 nitrogen and oxygen atoms in total. The lowest BCUT2D eigenvalue weighted by Gasteiger charge is -2.15. The van der Waals surface area contributed by atoms with Gasteiger partial charge in [0.05, 0.1) is 11.5 Å². The second kappa shape index (κ2) is 10.3. The van der Waals surface area contributed by atoms with Crippen LogP contribution in [-0.2, 0) is 15.6 Å². The van der Waals surface area contributed by atoms with Gasteiger partial charge in [0.2, 0.25) is 0 Å². The SMILES string of the molecule is CN=C(NCCCS(=O)(=O)Cc1ccccc1)NCC(C)c1ccsc1. The van der Waals surface area contributed by atoms with Crippen LogP contribution in [0, 0.1) is 0 Å². The standard InChI is InChI=1S/C19H27N3O2S2/c1-16(18-9-11-25-14-18)13-22-19(20-2)21-10-6-12-26(23,24)15-17-7-4-3-5-8-17/h3-5,7-9,11,14,16H,6,10,12-13,15H2,1-2H3,(H2,20,21,22). The molecule has 0 saturated carbocycles. The van der Waals surface area contributed by atoms with E-state index in [1.165, 1.54) is 5.56 Å². The molecule has 0 bridgehead atoms. The zero-order chi connectivity index (χ0) is 18.8. The van der Waals surface area contributed by atoms with Gasteiger partial charge in [-0.05, 0) is 40.3 Å². The van der Waals surface area contributed by atoms with Gasteiger partial charge in [-0.2, -0.15) is 11.3 Å². The first-order valence-electron chi connectivity index (χ1n) is 8.71. The number of sulfone groups is 1. The molecule has 1 heterocycles. The molecule has 1 aromatic heterocycles. The van der Waals surface area contributed by atoms with E-state index in [2.05, 4.69) is 39.4 Å². The highest BCUT2D eigenvalue weighted by Crippen LogP contribution is 2.16. The summed E-state index contributed by atoms with van der Waals surface area (Å²) in [5.41, 5.74) is 2.14. The van der Waals surface area contributed by atoms with Gasteiger partial charge in [-0.3, -0.25) is 4.99 Å². The molecule has 0 aliphatic heterocycles. The van der Waals surface area contributed by atoms with Crippen LogP contribution in [0.1, 0.15) is 30.4 Å². The van der Waals surface area contributed by atoms with Crippen LogP contribution >= 0.6 is 11.3 Å². The van der Waals surface area contributed by atoms with Crippen molar-refractivity contribution in [2.24, 2.45) is 4.99 Å². The maximum atomic E-state index is 12.2. The molecule has 1 atom stereocenters. The van der Waals surface area contributed by atoms with Crippen LogP contribution in [0.2, 0.25) is 0 Å². The van der Waals surface area contributed by atoms with Crippen LogP contribution in [0.5, 0.6) is 0 Å². The lowest BCUT2D eigenvalue weighted by Crippen LogP contribution is -2.39. The van der Waals surface area contributed by atoms with E-state index in [0.717, 1.165) is 12.1 Å². The van der Waals surface area contributed by atoms with Gasteiger partial charge in [-0.15, -0.1) is 0 Å². The first-order valence-corrected chi connectivity index (χ1v) is 11.5. The maximum Gasteiger partial charge on any atom is 0.190 e. The first-order chi connectivity index (χ1) is 12.5. The Labute approximate surface area is 160 Å². The molecule has 1 aromatic carbocycles. The Bertz CT molecular complexity index is 772. The average molecular weight is 394 g/mol. The molecule has 2 aromatic rings. The Morgan fingerprint density at radius 2 is 1.96 bits per heavy atom. The lowest BCUT2D eigenvalue weighted by atomic mass is 10.1. The van der Waals surface area contributed by atoms with Crippen LogP contribution in [0.15, 0.2) is 52.2 Å². The van der Waals surface area contributed by atoms with Crippen molar-refractivity contribution in [2.75, 3.05) is 25.9 Å². The van der Waals surface area contributed by atoms with Crippen molar-refractivity contribution in [3.63, 3.8) is 0 Å².